The molecule has 0 atom stereocenters. The minimum Gasteiger partial charge on any atom is -0.444 e. The average molecular weight is 361 g/mol. The third-order valence-electron chi connectivity index (χ3n) is 4.65. The topological polar surface area (TPSA) is 78.9 Å². The lowest BCUT2D eigenvalue weighted by atomic mass is 9.96. The lowest BCUT2D eigenvalue weighted by Gasteiger charge is -2.41. The monoisotopic (exact) mass is 361 g/mol. The molecule has 0 saturated carbocycles. The SMILES string of the molecule is CC(=O)N1CCN(c2nccnc2C2CN(C(=O)OC(C)(C)C)C2)CC1. The summed E-state index contributed by atoms with van der Waals surface area (Å²) in [5.74, 6) is 1.14. The van der Waals surface area contributed by atoms with Gasteiger partial charge in [-0.15, -0.1) is 0 Å². The Hall–Kier alpha value is -2.38. The van der Waals surface area contributed by atoms with Crippen LogP contribution in [0.3, 0.4) is 0 Å². The number of aromatic nitrogens is 2. The van der Waals surface area contributed by atoms with Gasteiger partial charge in [0.25, 0.3) is 0 Å². The van der Waals surface area contributed by atoms with Gasteiger partial charge in [0.05, 0.1) is 5.69 Å². The summed E-state index contributed by atoms with van der Waals surface area (Å²) in [7, 11) is 0. The first-order valence-corrected chi connectivity index (χ1v) is 9.04. The molecule has 0 unspecified atom stereocenters. The van der Waals surface area contributed by atoms with Crippen molar-refractivity contribution < 1.29 is 14.3 Å². The van der Waals surface area contributed by atoms with Gasteiger partial charge in [0.15, 0.2) is 5.82 Å². The van der Waals surface area contributed by atoms with Crippen LogP contribution in [0.4, 0.5) is 10.6 Å². The highest BCUT2D eigenvalue weighted by Gasteiger charge is 2.37. The minimum absolute atomic E-state index is 0.107. The van der Waals surface area contributed by atoms with E-state index in [9.17, 15) is 9.59 Å². The molecule has 8 heteroatoms. The molecule has 3 heterocycles. The molecule has 0 radical (unpaired) electrons. The summed E-state index contributed by atoms with van der Waals surface area (Å²) >= 11 is 0. The summed E-state index contributed by atoms with van der Waals surface area (Å²) in [5.41, 5.74) is 0.430. The highest BCUT2D eigenvalue weighted by molar-refractivity contribution is 5.73. The standard InChI is InChI=1S/C18H27N5O3/c1-13(24)21-7-9-22(10-8-21)16-15(19-5-6-20-16)14-11-23(12-14)17(25)26-18(2,3)4/h5-6,14H,7-12H2,1-4H3. The number of rotatable bonds is 2. The lowest BCUT2D eigenvalue weighted by Crippen LogP contribution is -2.52. The number of anilines is 1. The van der Waals surface area contributed by atoms with Gasteiger partial charge in [-0.25, -0.2) is 9.78 Å². The summed E-state index contributed by atoms with van der Waals surface area (Å²) in [5, 5.41) is 0. The molecule has 0 aliphatic carbocycles. The summed E-state index contributed by atoms with van der Waals surface area (Å²) in [6.07, 6.45) is 3.11. The molecule has 2 amide bonds. The molecule has 26 heavy (non-hydrogen) atoms. The molecular weight excluding hydrogens is 334 g/mol. The van der Waals surface area contributed by atoms with Crippen LogP contribution >= 0.6 is 0 Å². The first-order chi connectivity index (χ1) is 12.2. The van der Waals surface area contributed by atoms with Crippen LogP contribution in [0, 0.1) is 0 Å². The second kappa shape index (κ2) is 7.09. The number of hydrogen-bond acceptors (Lipinski definition) is 6. The maximum atomic E-state index is 12.1. The Kier molecular flexibility index (Phi) is 5.02. The highest BCUT2D eigenvalue weighted by atomic mass is 16.6. The van der Waals surface area contributed by atoms with Gasteiger partial charge >= 0.3 is 6.09 Å². The number of hydrogen-bond donors (Lipinski definition) is 0. The zero-order chi connectivity index (χ0) is 18.9. The quantitative estimate of drug-likeness (QED) is 0.794. The van der Waals surface area contributed by atoms with Crippen molar-refractivity contribution in [1.29, 1.82) is 0 Å². The van der Waals surface area contributed by atoms with Crippen LogP contribution in [-0.4, -0.2) is 76.6 Å². The van der Waals surface area contributed by atoms with Crippen LogP contribution in [0.15, 0.2) is 12.4 Å². The molecular formula is C18H27N5O3. The third-order valence-corrected chi connectivity index (χ3v) is 4.65. The number of nitrogens with zero attached hydrogens (tertiary/aromatic N) is 5. The zero-order valence-corrected chi connectivity index (χ0v) is 15.9. The van der Waals surface area contributed by atoms with Gasteiger partial charge in [-0.05, 0) is 20.8 Å². The maximum absolute atomic E-state index is 12.1. The Morgan fingerprint density at radius 1 is 1.04 bits per heavy atom. The molecule has 0 bridgehead atoms. The number of amides is 2. The van der Waals surface area contributed by atoms with Gasteiger partial charge in [0.1, 0.15) is 5.60 Å². The number of piperazine rings is 1. The third kappa shape index (κ3) is 4.05. The fourth-order valence-corrected chi connectivity index (χ4v) is 3.23. The van der Waals surface area contributed by atoms with Crippen LogP contribution in [0.25, 0.3) is 0 Å². The number of likely N-dealkylation sites (tertiary alicyclic amines) is 1. The molecule has 2 fully saturated rings. The predicted octanol–water partition coefficient (Wildman–Crippen LogP) is 1.48. The van der Waals surface area contributed by atoms with Gasteiger partial charge in [0, 0.05) is 64.5 Å². The van der Waals surface area contributed by atoms with E-state index >= 15 is 0 Å². The second-order valence-corrected chi connectivity index (χ2v) is 7.84. The zero-order valence-electron chi connectivity index (χ0n) is 15.9. The lowest BCUT2D eigenvalue weighted by molar-refractivity contribution is -0.129. The smallest absolute Gasteiger partial charge is 0.410 e. The van der Waals surface area contributed by atoms with E-state index < -0.39 is 5.60 Å². The molecule has 142 valence electrons. The van der Waals surface area contributed by atoms with E-state index in [0.29, 0.717) is 26.2 Å². The van der Waals surface area contributed by atoms with Crippen LogP contribution in [0.2, 0.25) is 0 Å². The number of ether oxygens (including phenoxy) is 1. The van der Waals surface area contributed by atoms with Crippen molar-refractivity contribution in [2.75, 3.05) is 44.2 Å². The molecule has 3 rings (SSSR count). The van der Waals surface area contributed by atoms with Crippen LogP contribution in [0.1, 0.15) is 39.3 Å². The van der Waals surface area contributed by atoms with Crippen molar-refractivity contribution >= 4 is 17.8 Å². The van der Waals surface area contributed by atoms with Crippen LogP contribution < -0.4 is 4.90 Å². The molecule has 1 aromatic heterocycles. The van der Waals surface area contributed by atoms with Crippen LogP contribution in [-0.2, 0) is 9.53 Å². The van der Waals surface area contributed by atoms with Crippen molar-refractivity contribution in [2.24, 2.45) is 0 Å². The normalized spacial score (nSPS) is 18.5. The molecule has 2 aliphatic heterocycles. The largest absolute Gasteiger partial charge is 0.444 e. The first kappa shape index (κ1) is 18.4. The van der Waals surface area contributed by atoms with E-state index in [4.69, 9.17) is 4.74 Å². The maximum Gasteiger partial charge on any atom is 0.410 e. The van der Waals surface area contributed by atoms with E-state index in [0.717, 1.165) is 24.6 Å². The Bertz CT molecular complexity index is 674. The van der Waals surface area contributed by atoms with Crippen molar-refractivity contribution in [2.45, 2.75) is 39.2 Å². The Balaban J connectivity index is 1.63. The fourth-order valence-electron chi connectivity index (χ4n) is 3.23. The number of carbonyl (C=O) groups is 2. The Morgan fingerprint density at radius 3 is 2.23 bits per heavy atom. The molecule has 0 spiro atoms. The van der Waals surface area contributed by atoms with Crippen molar-refractivity contribution in [3.8, 4) is 0 Å². The summed E-state index contributed by atoms with van der Waals surface area (Å²) < 4.78 is 5.41. The molecule has 2 aliphatic rings. The average Bonchev–Trinajstić information content (AvgIpc) is 2.52. The van der Waals surface area contributed by atoms with Crippen molar-refractivity contribution in [1.82, 2.24) is 19.8 Å². The van der Waals surface area contributed by atoms with E-state index in [1.807, 2.05) is 25.7 Å². The Morgan fingerprint density at radius 2 is 1.65 bits per heavy atom. The van der Waals surface area contributed by atoms with Gasteiger partial charge in [0.2, 0.25) is 5.91 Å². The highest BCUT2D eigenvalue weighted by Crippen LogP contribution is 2.32. The second-order valence-electron chi connectivity index (χ2n) is 7.84. The van der Waals surface area contributed by atoms with Gasteiger partial charge in [-0.1, -0.05) is 0 Å². The van der Waals surface area contributed by atoms with Crippen molar-refractivity contribution in [3.63, 3.8) is 0 Å². The van der Waals surface area contributed by atoms with E-state index in [2.05, 4.69) is 14.9 Å². The van der Waals surface area contributed by atoms with Gasteiger partial charge in [-0.2, -0.15) is 0 Å². The molecule has 0 N–H and O–H groups in total. The van der Waals surface area contributed by atoms with Gasteiger partial charge in [-0.3, -0.25) is 9.78 Å². The molecule has 0 aromatic carbocycles. The van der Waals surface area contributed by atoms with Crippen molar-refractivity contribution in [3.05, 3.63) is 18.1 Å². The summed E-state index contributed by atoms with van der Waals surface area (Å²) in [6.45, 7) is 11.3. The van der Waals surface area contributed by atoms with Crippen LogP contribution in [0.5, 0.6) is 0 Å². The van der Waals surface area contributed by atoms with Gasteiger partial charge < -0.3 is 19.4 Å². The number of carbonyl (C=O) groups excluding carboxylic acids is 2. The van der Waals surface area contributed by atoms with E-state index in [-0.39, 0.29) is 17.9 Å². The Labute approximate surface area is 154 Å². The van der Waals surface area contributed by atoms with E-state index in [1.54, 1.807) is 24.2 Å². The minimum atomic E-state index is -0.490. The molecule has 8 nitrogen and oxygen atoms in total. The molecule has 2 saturated heterocycles. The predicted molar refractivity (Wildman–Crippen MR) is 97.0 cm³/mol. The fraction of sp³-hybridized carbons (Fsp3) is 0.667. The first-order valence-electron chi connectivity index (χ1n) is 9.04. The summed E-state index contributed by atoms with van der Waals surface area (Å²) in [4.78, 5) is 38.4. The summed E-state index contributed by atoms with van der Waals surface area (Å²) in [6, 6.07) is 0. The molecule has 1 aromatic rings. The van der Waals surface area contributed by atoms with E-state index in [1.165, 1.54) is 0 Å².